The summed E-state index contributed by atoms with van der Waals surface area (Å²) in [6, 6.07) is 0. The number of aliphatic hydroxyl groups is 1. The van der Waals surface area contributed by atoms with Crippen LogP contribution in [0.2, 0.25) is 0 Å². The Morgan fingerprint density at radius 1 is 1.58 bits per heavy atom. The van der Waals surface area contributed by atoms with Crippen molar-refractivity contribution in [3.63, 3.8) is 0 Å². The standard InChI is InChI=1S/C8H13N3O/c1-11-5-7(9-10-11)6-3-2-4-8(6)12/h5-6,8,12H,2-4H2,1H3/t6-,8+/m1/s1. The van der Waals surface area contributed by atoms with Crippen LogP contribution in [0.5, 0.6) is 0 Å². The second-order valence-corrected chi connectivity index (χ2v) is 3.42. The maximum atomic E-state index is 9.57. The lowest BCUT2D eigenvalue weighted by atomic mass is 10.0. The maximum Gasteiger partial charge on any atom is 0.0883 e. The van der Waals surface area contributed by atoms with Crippen LogP contribution in [0.15, 0.2) is 6.20 Å². The molecule has 0 spiro atoms. The van der Waals surface area contributed by atoms with Crippen LogP contribution in [0.4, 0.5) is 0 Å². The summed E-state index contributed by atoms with van der Waals surface area (Å²) in [4.78, 5) is 0. The Bertz CT molecular complexity index is 271. The van der Waals surface area contributed by atoms with Crippen molar-refractivity contribution in [3.05, 3.63) is 11.9 Å². The fourth-order valence-electron chi connectivity index (χ4n) is 1.82. The van der Waals surface area contributed by atoms with Gasteiger partial charge in [0.2, 0.25) is 0 Å². The Morgan fingerprint density at radius 3 is 2.92 bits per heavy atom. The third-order valence-corrected chi connectivity index (χ3v) is 2.48. The fourth-order valence-corrected chi connectivity index (χ4v) is 1.82. The number of nitrogens with zero attached hydrogens (tertiary/aromatic N) is 3. The minimum absolute atomic E-state index is 0.207. The Balaban J connectivity index is 2.19. The smallest absolute Gasteiger partial charge is 0.0883 e. The van der Waals surface area contributed by atoms with Gasteiger partial charge in [0.25, 0.3) is 0 Å². The van der Waals surface area contributed by atoms with E-state index in [1.54, 1.807) is 4.68 Å². The minimum atomic E-state index is -0.207. The van der Waals surface area contributed by atoms with E-state index in [0.29, 0.717) is 0 Å². The topological polar surface area (TPSA) is 50.9 Å². The normalized spacial score (nSPS) is 29.5. The molecule has 1 saturated carbocycles. The van der Waals surface area contributed by atoms with Crippen LogP contribution in [0.3, 0.4) is 0 Å². The van der Waals surface area contributed by atoms with Crippen molar-refractivity contribution in [1.29, 1.82) is 0 Å². The molecule has 66 valence electrons. The molecule has 2 atom stereocenters. The maximum absolute atomic E-state index is 9.57. The third-order valence-electron chi connectivity index (χ3n) is 2.48. The summed E-state index contributed by atoms with van der Waals surface area (Å²) in [5.74, 6) is 0.221. The first-order chi connectivity index (χ1) is 5.77. The molecule has 0 amide bonds. The summed E-state index contributed by atoms with van der Waals surface area (Å²) < 4.78 is 1.68. The molecule has 4 nitrogen and oxygen atoms in total. The molecule has 12 heavy (non-hydrogen) atoms. The molecule has 1 fully saturated rings. The molecule has 1 aliphatic rings. The van der Waals surface area contributed by atoms with Gasteiger partial charge in [-0.05, 0) is 12.8 Å². The summed E-state index contributed by atoms with van der Waals surface area (Å²) in [6.45, 7) is 0. The Morgan fingerprint density at radius 2 is 2.42 bits per heavy atom. The van der Waals surface area contributed by atoms with Crippen LogP contribution in [0, 0.1) is 0 Å². The highest BCUT2D eigenvalue weighted by atomic mass is 16.3. The Hall–Kier alpha value is -0.900. The minimum Gasteiger partial charge on any atom is -0.392 e. The van der Waals surface area contributed by atoms with Crippen molar-refractivity contribution >= 4 is 0 Å². The van der Waals surface area contributed by atoms with E-state index in [1.807, 2.05) is 13.2 Å². The van der Waals surface area contributed by atoms with Crippen LogP contribution in [-0.4, -0.2) is 26.2 Å². The highest BCUT2D eigenvalue weighted by molar-refractivity contribution is 5.06. The van der Waals surface area contributed by atoms with E-state index in [4.69, 9.17) is 0 Å². The van der Waals surface area contributed by atoms with E-state index < -0.39 is 0 Å². The number of aromatic nitrogens is 3. The van der Waals surface area contributed by atoms with Gasteiger partial charge in [0, 0.05) is 19.2 Å². The monoisotopic (exact) mass is 167 g/mol. The predicted molar refractivity (Wildman–Crippen MR) is 43.6 cm³/mol. The fraction of sp³-hybridized carbons (Fsp3) is 0.750. The first kappa shape index (κ1) is 7.73. The van der Waals surface area contributed by atoms with Gasteiger partial charge in [0.15, 0.2) is 0 Å². The van der Waals surface area contributed by atoms with Crippen LogP contribution in [-0.2, 0) is 7.05 Å². The van der Waals surface area contributed by atoms with Gasteiger partial charge in [-0.3, -0.25) is 4.68 Å². The van der Waals surface area contributed by atoms with Gasteiger partial charge in [0.05, 0.1) is 11.8 Å². The Labute approximate surface area is 71.2 Å². The molecule has 1 aliphatic carbocycles. The lowest BCUT2D eigenvalue weighted by molar-refractivity contribution is 0.162. The average molecular weight is 167 g/mol. The third kappa shape index (κ3) is 1.22. The van der Waals surface area contributed by atoms with Crippen molar-refractivity contribution < 1.29 is 5.11 Å². The predicted octanol–water partition coefficient (Wildman–Crippen LogP) is 0.443. The summed E-state index contributed by atoms with van der Waals surface area (Å²) in [5.41, 5.74) is 0.933. The number of aliphatic hydroxyl groups excluding tert-OH is 1. The molecule has 1 N–H and O–H groups in total. The van der Waals surface area contributed by atoms with Crippen molar-refractivity contribution in [3.8, 4) is 0 Å². The number of hydrogen-bond acceptors (Lipinski definition) is 3. The molecule has 1 aromatic rings. The molecule has 0 aromatic carbocycles. The summed E-state index contributed by atoms with van der Waals surface area (Å²) >= 11 is 0. The van der Waals surface area contributed by atoms with Gasteiger partial charge < -0.3 is 5.11 Å². The Kier molecular flexibility index (Phi) is 1.84. The van der Waals surface area contributed by atoms with E-state index in [1.165, 1.54) is 0 Å². The molecule has 0 unspecified atom stereocenters. The van der Waals surface area contributed by atoms with Gasteiger partial charge in [0.1, 0.15) is 0 Å². The van der Waals surface area contributed by atoms with Crippen molar-refractivity contribution in [1.82, 2.24) is 15.0 Å². The molecule has 4 heteroatoms. The summed E-state index contributed by atoms with van der Waals surface area (Å²) in [5, 5.41) is 17.4. The van der Waals surface area contributed by atoms with Crippen molar-refractivity contribution in [2.75, 3.05) is 0 Å². The zero-order chi connectivity index (χ0) is 8.55. The zero-order valence-electron chi connectivity index (χ0n) is 7.14. The van der Waals surface area contributed by atoms with Crippen molar-refractivity contribution in [2.45, 2.75) is 31.3 Å². The van der Waals surface area contributed by atoms with Gasteiger partial charge in [-0.1, -0.05) is 11.6 Å². The SMILES string of the molecule is Cn1cc([C@H]2CCC[C@@H]2O)nn1. The highest BCUT2D eigenvalue weighted by Gasteiger charge is 2.28. The van der Waals surface area contributed by atoms with Crippen LogP contribution >= 0.6 is 0 Å². The van der Waals surface area contributed by atoms with Crippen molar-refractivity contribution in [2.24, 2.45) is 7.05 Å². The van der Waals surface area contributed by atoms with Gasteiger partial charge >= 0.3 is 0 Å². The zero-order valence-corrected chi connectivity index (χ0v) is 7.14. The first-order valence-electron chi connectivity index (χ1n) is 4.31. The molecule has 0 bridgehead atoms. The van der Waals surface area contributed by atoms with E-state index in [2.05, 4.69) is 10.3 Å². The van der Waals surface area contributed by atoms with Gasteiger partial charge in [-0.25, -0.2) is 0 Å². The second kappa shape index (κ2) is 2.86. The first-order valence-corrected chi connectivity index (χ1v) is 4.31. The quantitative estimate of drug-likeness (QED) is 0.660. The van der Waals surface area contributed by atoms with Crippen LogP contribution in [0.1, 0.15) is 30.9 Å². The van der Waals surface area contributed by atoms with E-state index in [0.717, 1.165) is 25.0 Å². The highest BCUT2D eigenvalue weighted by Crippen LogP contribution is 2.32. The van der Waals surface area contributed by atoms with E-state index >= 15 is 0 Å². The molecule has 0 aliphatic heterocycles. The number of rotatable bonds is 1. The molecule has 0 saturated heterocycles. The van der Waals surface area contributed by atoms with E-state index in [-0.39, 0.29) is 12.0 Å². The summed E-state index contributed by atoms with van der Waals surface area (Å²) in [6.07, 6.45) is 4.73. The van der Waals surface area contributed by atoms with Crippen LogP contribution < -0.4 is 0 Å². The van der Waals surface area contributed by atoms with Gasteiger partial charge in [-0.2, -0.15) is 0 Å². The second-order valence-electron chi connectivity index (χ2n) is 3.42. The molecule has 1 heterocycles. The molecular weight excluding hydrogens is 154 g/mol. The molecule has 0 radical (unpaired) electrons. The molecular formula is C8H13N3O. The number of hydrogen-bond donors (Lipinski definition) is 1. The van der Waals surface area contributed by atoms with Crippen LogP contribution in [0.25, 0.3) is 0 Å². The lowest BCUT2D eigenvalue weighted by Crippen LogP contribution is -2.11. The molecule has 2 rings (SSSR count). The average Bonchev–Trinajstić information content (AvgIpc) is 2.58. The molecule has 1 aromatic heterocycles. The van der Waals surface area contributed by atoms with E-state index in [9.17, 15) is 5.11 Å². The van der Waals surface area contributed by atoms with Gasteiger partial charge in [-0.15, -0.1) is 5.10 Å². The lowest BCUT2D eigenvalue weighted by Gasteiger charge is -2.09. The number of aryl methyl sites for hydroxylation is 1. The largest absolute Gasteiger partial charge is 0.392 e. The summed E-state index contributed by atoms with van der Waals surface area (Å²) in [7, 11) is 1.85.